The van der Waals surface area contributed by atoms with Gasteiger partial charge in [-0.05, 0) is 25.0 Å². The highest BCUT2D eigenvalue weighted by atomic mass is 32.2. The van der Waals surface area contributed by atoms with Gasteiger partial charge in [0, 0.05) is 13.1 Å². The van der Waals surface area contributed by atoms with Crippen LogP contribution in [0.3, 0.4) is 0 Å². The number of hydrogen-bond donors (Lipinski definition) is 1. The van der Waals surface area contributed by atoms with Crippen LogP contribution in [-0.4, -0.2) is 45.0 Å². The summed E-state index contributed by atoms with van der Waals surface area (Å²) in [5.41, 5.74) is 1.41. The van der Waals surface area contributed by atoms with E-state index in [0.29, 0.717) is 23.5 Å². The minimum atomic E-state index is -3.82. The van der Waals surface area contributed by atoms with E-state index >= 15 is 0 Å². The summed E-state index contributed by atoms with van der Waals surface area (Å²) < 4.78 is 31.8. The van der Waals surface area contributed by atoms with Crippen LogP contribution in [0.15, 0.2) is 36.4 Å². The van der Waals surface area contributed by atoms with Crippen molar-refractivity contribution in [2.75, 3.05) is 24.6 Å². The van der Waals surface area contributed by atoms with Crippen molar-refractivity contribution in [3.05, 3.63) is 58.8 Å². The number of ether oxygens (including phenoxy) is 1. The molecule has 1 aliphatic rings. The van der Waals surface area contributed by atoms with Gasteiger partial charge in [0.1, 0.15) is 11.9 Å². The highest BCUT2D eigenvalue weighted by Crippen LogP contribution is 2.28. The maximum absolute atomic E-state index is 12.4. The zero-order valence-corrected chi connectivity index (χ0v) is 18.7. The summed E-state index contributed by atoms with van der Waals surface area (Å²) in [6.45, 7) is 4.23. The third kappa shape index (κ3) is 5.42. The monoisotopic (exact) mass is 456 g/mol. The van der Waals surface area contributed by atoms with Crippen LogP contribution < -0.4 is 9.62 Å². The molecule has 3 rings (SSSR count). The SMILES string of the molecule is CCCOC(=O)c1cc(C#N)c(N2CC(C(=O)NS(=O)(=O)Cc3ccccc3)C2)nc1C. The van der Waals surface area contributed by atoms with Gasteiger partial charge in [0.2, 0.25) is 15.9 Å². The van der Waals surface area contributed by atoms with Gasteiger partial charge < -0.3 is 9.64 Å². The van der Waals surface area contributed by atoms with Crippen molar-refractivity contribution >= 4 is 27.7 Å². The molecule has 2 heterocycles. The summed E-state index contributed by atoms with van der Waals surface area (Å²) in [5, 5.41) is 9.50. The Morgan fingerprint density at radius 2 is 1.97 bits per heavy atom. The third-order valence-corrected chi connectivity index (χ3v) is 6.20. The maximum Gasteiger partial charge on any atom is 0.340 e. The standard InChI is InChI=1S/C22H24N4O5S/c1-3-9-31-22(28)19-10-17(11-23)20(24-15(19)2)26-12-18(13-26)21(27)25-32(29,30)14-16-7-5-4-6-8-16/h4-8,10,18H,3,9,12-14H2,1-2H3,(H,25,27). The lowest BCUT2D eigenvalue weighted by molar-refractivity contribution is -0.123. The molecule has 0 aliphatic carbocycles. The van der Waals surface area contributed by atoms with Crippen LogP contribution in [0.2, 0.25) is 0 Å². The Morgan fingerprint density at radius 3 is 2.59 bits per heavy atom. The van der Waals surface area contributed by atoms with Gasteiger partial charge in [-0.25, -0.2) is 18.2 Å². The Kier molecular flexibility index (Phi) is 7.10. The molecule has 0 bridgehead atoms. The van der Waals surface area contributed by atoms with Crippen molar-refractivity contribution in [2.24, 2.45) is 5.92 Å². The first-order valence-electron chi connectivity index (χ1n) is 10.2. The predicted molar refractivity (Wildman–Crippen MR) is 117 cm³/mol. The second-order valence-electron chi connectivity index (χ2n) is 7.55. The summed E-state index contributed by atoms with van der Waals surface area (Å²) in [7, 11) is -3.82. The van der Waals surface area contributed by atoms with E-state index in [2.05, 4.69) is 9.71 Å². The highest BCUT2D eigenvalue weighted by molar-refractivity contribution is 7.89. The van der Waals surface area contributed by atoms with Gasteiger partial charge in [0.25, 0.3) is 0 Å². The first-order chi connectivity index (χ1) is 15.2. The number of rotatable bonds is 8. The molecule has 0 atom stereocenters. The average molecular weight is 457 g/mol. The summed E-state index contributed by atoms with van der Waals surface area (Å²) in [5.74, 6) is -1.61. The molecule has 0 spiro atoms. The van der Waals surface area contributed by atoms with Crippen molar-refractivity contribution in [3.63, 3.8) is 0 Å². The molecule has 168 valence electrons. The number of carbonyl (C=O) groups is 2. The van der Waals surface area contributed by atoms with E-state index in [1.165, 1.54) is 6.07 Å². The molecular formula is C22H24N4O5S. The fraction of sp³-hybridized carbons (Fsp3) is 0.364. The number of benzene rings is 1. The number of carbonyl (C=O) groups excluding carboxylic acids is 2. The summed E-state index contributed by atoms with van der Waals surface area (Å²) in [6.07, 6.45) is 0.680. The number of amides is 1. The third-order valence-electron chi connectivity index (χ3n) is 4.98. The molecule has 1 saturated heterocycles. The number of nitrogens with one attached hydrogen (secondary N) is 1. The minimum absolute atomic E-state index is 0.189. The van der Waals surface area contributed by atoms with E-state index in [1.807, 2.05) is 13.0 Å². The first-order valence-corrected chi connectivity index (χ1v) is 11.8. The lowest BCUT2D eigenvalue weighted by Gasteiger charge is -2.39. The molecule has 1 N–H and O–H groups in total. The zero-order chi connectivity index (χ0) is 23.3. The number of aromatic nitrogens is 1. The molecule has 1 fully saturated rings. The minimum Gasteiger partial charge on any atom is -0.462 e. The molecule has 0 radical (unpaired) electrons. The molecule has 1 aromatic carbocycles. The fourth-order valence-corrected chi connectivity index (χ4v) is 4.46. The molecule has 1 aromatic heterocycles. The van der Waals surface area contributed by atoms with Crippen LogP contribution in [0.1, 0.15) is 40.5 Å². The molecule has 0 unspecified atom stereocenters. The quantitative estimate of drug-likeness (QED) is 0.596. The normalized spacial score (nSPS) is 13.7. The number of sulfonamides is 1. The second kappa shape index (κ2) is 9.78. The van der Waals surface area contributed by atoms with Gasteiger partial charge in [-0.3, -0.25) is 9.52 Å². The van der Waals surface area contributed by atoms with Crippen molar-refractivity contribution in [1.29, 1.82) is 5.26 Å². The number of anilines is 1. The van der Waals surface area contributed by atoms with Crippen LogP contribution in [0.25, 0.3) is 0 Å². The molecule has 32 heavy (non-hydrogen) atoms. The van der Waals surface area contributed by atoms with Crippen LogP contribution in [0.5, 0.6) is 0 Å². The molecule has 1 aliphatic heterocycles. The summed E-state index contributed by atoms with van der Waals surface area (Å²) in [4.78, 5) is 30.7. The average Bonchev–Trinajstić information content (AvgIpc) is 2.71. The number of hydrogen-bond acceptors (Lipinski definition) is 8. The maximum atomic E-state index is 12.4. The molecule has 0 saturated carbocycles. The zero-order valence-electron chi connectivity index (χ0n) is 17.9. The molecule has 1 amide bonds. The lowest BCUT2D eigenvalue weighted by Crippen LogP contribution is -2.55. The van der Waals surface area contributed by atoms with Crippen LogP contribution in [-0.2, 0) is 25.3 Å². The van der Waals surface area contributed by atoms with Gasteiger partial charge in [0.15, 0.2) is 0 Å². The number of nitrogens with zero attached hydrogens (tertiary/aromatic N) is 3. The Bertz CT molecular complexity index is 1150. The molecule has 9 nitrogen and oxygen atoms in total. The molecule has 10 heteroatoms. The Morgan fingerprint density at radius 1 is 1.28 bits per heavy atom. The van der Waals surface area contributed by atoms with E-state index in [4.69, 9.17) is 4.74 Å². The summed E-state index contributed by atoms with van der Waals surface area (Å²) in [6, 6.07) is 12.1. The molecular weight excluding hydrogens is 432 g/mol. The Balaban J connectivity index is 1.64. The van der Waals surface area contributed by atoms with E-state index in [0.717, 1.165) is 0 Å². The van der Waals surface area contributed by atoms with E-state index in [1.54, 1.807) is 42.2 Å². The Labute approximate surface area is 187 Å². The van der Waals surface area contributed by atoms with Gasteiger partial charge in [-0.2, -0.15) is 5.26 Å². The smallest absolute Gasteiger partial charge is 0.340 e. The van der Waals surface area contributed by atoms with Crippen LogP contribution in [0.4, 0.5) is 5.82 Å². The summed E-state index contributed by atoms with van der Waals surface area (Å²) >= 11 is 0. The van der Waals surface area contributed by atoms with Crippen LogP contribution >= 0.6 is 0 Å². The number of esters is 1. The van der Waals surface area contributed by atoms with Crippen molar-refractivity contribution in [3.8, 4) is 6.07 Å². The number of pyridine rings is 1. The van der Waals surface area contributed by atoms with Crippen molar-refractivity contribution in [2.45, 2.75) is 26.0 Å². The van der Waals surface area contributed by atoms with Gasteiger partial charge in [-0.15, -0.1) is 0 Å². The fourth-order valence-electron chi connectivity index (χ4n) is 3.28. The van der Waals surface area contributed by atoms with Crippen molar-refractivity contribution in [1.82, 2.24) is 9.71 Å². The highest BCUT2D eigenvalue weighted by Gasteiger charge is 2.36. The number of nitriles is 1. The van der Waals surface area contributed by atoms with Crippen molar-refractivity contribution < 1.29 is 22.7 Å². The Hall–Kier alpha value is -3.45. The second-order valence-corrected chi connectivity index (χ2v) is 9.28. The first kappa shape index (κ1) is 23.2. The predicted octanol–water partition coefficient (Wildman–Crippen LogP) is 1.91. The van der Waals surface area contributed by atoms with E-state index < -0.39 is 27.8 Å². The topological polar surface area (TPSA) is 129 Å². The van der Waals surface area contributed by atoms with Crippen LogP contribution in [0, 0.1) is 24.2 Å². The largest absolute Gasteiger partial charge is 0.462 e. The number of aryl methyl sites for hydroxylation is 1. The van der Waals surface area contributed by atoms with E-state index in [-0.39, 0.29) is 36.6 Å². The van der Waals surface area contributed by atoms with E-state index in [9.17, 15) is 23.3 Å². The van der Waals surface area contributed by atoms with Gasteiger partial charge >= 0.3 is 5.97 Å². The van der Waals surface area contributed by atoms with Gasteiger partial charge in [-0.1, -0.05) is 37.3 Å². The lowest BCUT2D eigenvalue weighted by atomic mass is 9.98. The van der Waals surface area contributed by atoms with Gasteiger partial charge in [0.05, 0.1) is 35.1 Å². The molecule has 2 aromatic rings.